The number of aromatic nitrogens is 4. The van der Waals surface area contributed by atoms with Crippen LogP contribution in [0.1, 0.15) is 10.4 Å². The number of nitrogens with one attached hydrogen (secondary N) is 2. The molecule has 0 unspecified atom stereocenters. The molecule has 1 aromatic carbocycles. The van der Waals surface area contributed by atoms with Gasteiger partial charge in [-0.3, -0.25) is 14.0 Å². The third-order valence-corrected chi connectivity index (χ3v) is 3.42. The minimum atomic E-state index is -0.261. The Labute approximate surface area is 125 Å². The fourth-order valence-corrected chi connectivity index (χ4v) is 2.24. The smallest absolute Gasteiger partial charge is 0.326 e. The Morgan fingerprint density at radius 2 is 2.27 bits per heavy atom. The summed E-state index contributed by atoms with van der Waals surface area (Å²) < 4.78 is 3.11. The number of hydrogen-bond donors (Lipinski definition) is 3. The Balaban J connectivity index is 1.83. The van der Waals surface area contributed by atoms with E-state index in [1.165, 1.54) is 10.8 Å². The van der Waals surface area contributed by atoms with E-state index >= 15 is 0 Å². The summed E-state index contributed by atoms with van der Waals surface area (Å²) in [6, 6.07) is 5.24. The summed E-state index contributed by atoms with van der Waals surface area (Å²) in [7, 11) is 1.67. The molecule has 0 radical (unpaired) electrons. The van der Waals surface area contributed by atoms with E-state index in [9.17, 15) is 9.59 Å². The van der Waals surface area contributed by atoms with Gasteiger partial charge in [-0.15, -0.1) is 0 Å². The molecule has 2 heterocycles. The molecular weight excluding hydrogens is 284 g/mol. The summed E-state index contributed by atoms with van der Waals surface area (Å²) >= 11 is 0. The average Bonchev–Trinajstić information content (AvgIpc) is 3.06. The Morgan fingerprint density at radius 1 is 1.45 bits per heavy atom. The van der Waals surface area contributed by atoms with Crippen molar-refractivity contribution in [3.05, 3.63) is 46.6 Å². The van der Waals surface area contributed by atoms with Gasteiger partial charge in [0.15, 0.2) is 0 Å². The number of imidazole rings is 1. The number of hydrogen-bond acceptors (Lipinski definition) is 4. The molecule has 0 aliphatic heterocycles. The highest BCUT2D eigenvalue weighted by molar-refractivity contribution is 6.04. The Hall–Kier alpha value is -2.87. The number of nitrogens with two attached hydrogens (primary N) is 1. The first-order valence-electron chi connectivity index (χ1n) is 6.81. The summed E-state index contributed by atoms with van der Waals surface area (Å²) in [5.74, 6) is -0.261. The van der Waals surface area contributed by atoms with Gasteiger partial charge in [0.05, 0.1) is 29.3 Å². The van der Waals surface area contributed by atoms with Gasteiger partial charge in [0.2, 0.25) is 0 Å². The summed E-state index contributed by atoms with van der Waals surface area (Å²) in [5.41, 5.74) is 7.77. The molecule has 114 valence electrons. The summed E-state index contributed by atoms with van der Waals surface area (Å²) in [6.07, 6.45) is 3.14. The third kappa shape index (κ3) is 2.51. The Kier molecular flexibility index (Phi) is 3.51. The van der Waals surface area contributed by atoms with Crippen molar-refractivity contribution in [3.8, 4) is 0 Å². The second-order valence-corrected chi connectivity index (χ2v) is 4.96. The van der Waals surface area contributed by atoms with Crippen molar-refractivity contribution in [2.75, 3.05) is 11.9 Å². The van der Waals surface area contributed by atoms with Gasteiger partial charge in [0, 0.05) is 25.5 Å². The number of rotatable bonds is 4. The number of aryl methyl sites for hydroxylation is 1. The van der Waals surface area contributed by atoms with Crippen LogP contribution in [-0.2, 0) is 13.6 Å². The van der Waals surface area contributed by atoms with Crippen LogP contribution >= 0.6 is 0 Å². The average molecular weight is 300 g/mol. The van der Waals surface area contributed by atoms with Crippen LogP contribution in [-0.4, -0.2) is 31.8 Å². The molecule has 0 atom stereocenters. The molecule has 3 rings (SSSR count). The normalized spacial score (nSPS) is 11.0. The Bertz CT molecular complexity index is 888. The first-order chi connectivity index (χ1) is 10.6. The van der Waals surface area contributed by atoms with Gasteiger partial charge in [-0.1, -0.05) is 0 Å². The van der Waals surface area contributed by atoms with Crippen LogP contribution in [0.4, 0.5) is 5.69 Å². The Morgan fingerprint density at radius 3 is 3.05 bits per heavy atom. The lowest BCUT2D eigenvalue weighted by Crippen LogP contribution is -2.13. The molecule has 0 saturated heterocycles. The lowest BCUT2D eigenvalue weighted by molar-refractivity contribution is 0.102. The minimum Gasteiger partial charge on any atom is -0.329 e. The third-order valence-electron chi connectivity index (χ3n) is 3.42. The monoisotopic (exact) mass is 300 g/mol. The molecule has 0 fully saturated rings. The SMILES string of the molecule is Cn1c(=O)[nH]c2ccc(NC(=O)c3cnn(CCN)c3)cc21. The molecule has 4 N–H and O–H groups in total. The number of anilines is 1. The highest BCUT2D eigenvalue weighted by Crippen LogP contribution is 2.16. The first-order valence-corrected chi connectivity index (χ1v) is 6.81. The van der Waals surface area contributed by atoms with Gasteiger partial charge < -0.3 is 16.0 Å². The van der Waals surface area contributed by atoms with Gasteiger partial charge in [0.25, 0.3) is 5.91 Å². The number of amides is 1. The maximum atomic E-state index is 12.2. The number of nitrogens with zero attached hydrogens (tertiary/aromatic N) is 3. The van der Waals surface area contributed by atoms with Crippen molar-refractivity contribution in [1.29, 1.82) is 0 Å². The summed E-state index contributed by atoms with van der Waals surface area (Å²) in [4.78, 5) is 26.5. The number of benzene rings is 1. The van der Waals surface area contributed by atoms with Crippen LogP contribution in [0.15, 0.2) is 35.4 Å². The largest absolute Gasteiger partial charge is 0.329 e. The van der Waals surface area contributed by atoms with Crippen LogP contribution in [0.25, 0.3) is 11.0 Å². The maximum absolute atomic E-state index is 12.2. The van der Waals surface area contributed by atoms with Gasteiger partial charge in [-0.05, 0) is 18.2 Å². The zero-order chi connectivity index (χ0) is 15.7. The van der Waals surface area contributed by atoms with E-state index in [-0.39, 0.29) is 11.6 Å². The van der Waals surface area contributed by atoms with E-state index in [0.29, 0.717) is 24.3 Å². The predicted molar refractivity (Wildman–Crippen MR) is 82.8 cm³/mol. The standard InChI is InChI=1S/C14H16N6O2/c1-19-12-6-10(2-3-11(12)18-14(19)22)17-13(21)9-7-16-20(8-9)5-4-15/h2-3,6-8H,4-5,15H2,1H3,(H,17,21)(H,18,22). The van der Waals surface area contributed by atoms with Crippen molar-refractivity contribution < 1.29 is 4.79 Å². The van der Waals surface area contributed by atoms with E-state index < -0.39 is 0 Å². The first kappa shape index (κ1) is 14.1. The van der Waals surface area contributed by atoms with Crippen LogP contribution < -0.4 is 16.7 Å². The van der Waals surface area contributed by atoms with Gasteiger partial charge in [0.1, 0.15) is 0 Å². The van der Waals surface area contributed by atoms with Crippen molar-refractivity contribution in [3.63, 3.8) is 0 Å². The summed E-state index contributed by atoms with van der Waals surface area (Å²) in [6.45, 7) is 1.02. The van der Waals surface area contributed by atoms with E-state index in [1.807, 2.05) is 0 Å². The number of H-pyrrole nitrogens is 1. The quantitative estimate of drug-likeness (QED) is 0.642. The number of carbonyl (C=O) groups excluding carboxylic acids is 1. The molecule has 0 bridgehead atoms. The van der Waals surface area contributed by atoms with Crippen LogP contribution in [0.2, 0.25) is 0 Å². The van der Waals surface area contributed by atoms with E-state index in [0.717, 1.165) is 11.0 Å². The molecular formula is C14H16N6O2. The number of carbonyl (C=O) groups is 1. The van der Waals surface area contributed by atoms with E-state index in [1.54, 1.807) is 36.1 Å². The van der Waals surface area contributed by atoms with E-state index in [4.69, 9.17) is 5.73 Å². The van der Waals surface area contributed by atoms with Crippen molar-refractivity contribution in [1.82, 2.24) is 19.3 Å². The molecule has 0 aliphatic carbocycles. The zero-order valence-corrected chi connectivity index (χ0v) is 12.0. The molecule has 0 aliphatic rings. The fourth-order valence-electron chi connectivity index (χ4n) is 2.24. The molecule has 3 aromatic rings. The van der Waals surface area contributed by atoms with Crippen molar-refractivity contribution in [2.45, 2.75) is 6.54 Å². The molecule has 0 spiro atoms. The molecule has 8 nitrogen and oxygen atoms in total. The van der Waals surface area contributed by atoms with Crippen molar-refractivity contribution >= 4 is 22.6 Å². The number of fused-ring (bicyclic) bond motifs is 1. The zero-order valence-electron chi connectivity index (χ0n) is 12.0. The molecule has 1 amide bonds. The number of aromatic amines is 1. The lowest BCUT2D eigenvalue weighted by Gasteiger charge is -2.04. The highest BCUT2D eigenvalue weighted by Gasteiger charge is 2.10. The van der Waals surface area contributed by atoms with Crippen LogP contribution in [0, 0.1) is 0 Å². The second kappa shape index (κ2) is 5.49. The van der Waals surface area contributed by atoms with Gasteiger partial charge in [-0.25, -0.2) is 4.79 Å². The van der Waals surface area contributed by atoms with Crippen LogP contribution in [0.5, 0.6) is 0 Å². The molecule has 0 saturated carbocycles. The van der Waals surface area contributed by atoms with Gasteiger partial charge >= 0.3 is 5.69 Å². The lowest BCUT2D eigenvalue weighted by atomic mass is 10.2. The molecule has 2 aromatic heterocycles. The topological polar surface area (TPSA) is 111 Å². The maximum Gasteiger partial charge on any atom is 0.326 e. The van der Waals surface area contributed by atoms with Gasteiger partial charge in [-0.2, -0.15) is 5.10 Å². The van der Waals surface area contributed by atoms with E-state index in [2.05, 4.69) is 15.4 Å². The highest BCUT2D eigenvalue weighted by atomic mass is 16.2. The minimum absolute atomic E-state index is 0.193. The summed E-state index contributed by atoms with van der Waals surface area (Å²) in [5, 5.41) is 6.85. The molecule has 8 heteroatoms. The second-order valence-electron chi connectivity index (χ2n) is 4.96. The fraction of sp³-hybridized carbons (Fsp3) is 0.214. The molecule has 22 heavy (non-hydrogen) atoms. The predicted octanol–water partition coefficient (Wildman–Crippen LogP) is 0.274. The van der Waals surface area contributed by atoms with Crippen LogP contribution in [0.3, 0.4) is 0 Å². The van der Waals surface area contributed by atoms with Crippen molar-refractivity contribution in [2.24, 2.45) is 12.8 Å².